The molecule has 1 heterocycles. The average molecular weight is 376 g/mol. The minimum atomic E-state index is -0.0213. The van der Waals surface area contributed by atoms with Gasteiger partial charge in [0, 0.05) is 56.1 Å². The summed E-state index contributed by atoms with van der Waals surface area (Å²) in [5.41, 5.74) is 3.15. The van der Waals surface area contributed by atoms with Crippen molar-refractivity contribution in [3.05, 3.63) is 59.7 Å². The van der Waals surface area contributed by atoms with Gasteiger partial charge < -0.3 is 10.2 Å². The molecule has 6 nitrogen and oxygen atoms in total. The summed E-state index contributed by atoms with van der Waals surface area (Å²) in [7, 11) is 0. The highest BCUT2D eigenvalue weighted by Crippen LogP contribution is 2.18. The molecule has 1 aliphatic rings. The maximum absolute atomic E-state index is 12.1. The number of nitriles is 1. The van der Waals surface area contributed by atoms with Crippen molar-refractivity contribution in [1.29, 1.82) is 5.26 Å². The first-order chi connectivity index (χ1) is 13.5. The van der Waals surface area contributed by atoms with Crippen LogP contribution in [-0.2, 0) is 4.79 Å². The zero-order valence-corrected chi connectivity index (χ0v) is 16.0. The van der Waals surface area contributed by atoms with Gasteiger partial charge in [0.05, 0.1) is 11.6 Å². The van der Waals surface area contributed by atoms with Gasteiger partial charge in [-0.1, -0.05) is 0 Å². The molecule has 0 unspecified atom stereocenters. The number of Topliss-reactive ketones (excluding diaryl/α,β-unsaturated/α-hetero) is 1. The summed E-state index contributed by atoms with van der Waals surface area (Å²) in [6.07, 6.45) is 0.438. The van der Waals surface area contributed by atoms with E-state index in [1.54, 1.807) is 31.2 Å². The third-order valence-electron chi connectivity index (χ3n) is 4.96. The molecule has 0 bridgehead atoms. The molecular weight excluding hydrogens is 352 g/mol. The van der Waals surface area contributed by atoms with Crippen LogP contribution in [0.1, 0.15) is 29.3 Å². The topological polar surface area (TPSA) is 76.4 Å². The summed E-state index contributed by atoms with van der Waals surface area (Å²) in [6, 6.07) is 16.7. The maximum Gasteiger partial charge on any atom is 0.225 e. The zero-order chi connectivity index (χ0) is 19.9. The first-order valence-electron chi connectivity index (χ1n) is 9.43. The van der Waals surface area contributed by atoms with E-state index >= 15 is 0 Å². The van der Waals surface area contributed by atoms with Crippen molar-refractivity contribution >= 4 is 23.1 Å². The van der Waals surface area contributed by atoms with Crippen molar-refractivity contribution in [3.63, 3.8) is 0 Å². The second-order valence-corrected chi connectivity index (χ2v) is 6.92. The Kier molecular flexibility index (Phi) is 6.41. The molecule has 0 aromatic heterocycles. The number of hydrogen-bond acceptors (Lipinski definition) is 5. The van der Waals surface area contributed by atoms with Crippen LogP contribution in [0.4, 0.5) is 11.4 Å². The smallest absolute Gasteiger partial charge is 0.225 e. The number of piperazine rings is 1. The Morgan fingerprint density at radius 2 is 1.64 bits per heavy atom. The molecule has 3 rings (SSSR count). The SMILES string of the molecule is CC(=O)c1ccc(N2CCN(CCC(=O)Nc3ccc(C#N)cc3)CC2)cc1. The molecule has 28 heavy (non-hydrogen) atoms. The van der Waals surface area contributed by atoms with E-state index in [2.05, 4.69) is 21.2 Å². The van der Waals surface area contributed by atoms with Crippen LogP contribution < -0.4 is 10.2 Å². The van der Waals surface area contributed by atoms with Crippen LogP contribution in [-0.4, -0.2) is 49.3 Å². The molecule has 1 amide bonds. The summed E-state index contributed by atoms with van der Waals surface area (Å²) in [6.45, 7) is 5.90. The second kappa shape index (κ2) is 9.16. The second-order valence-electron chi connectivity index (χ2n) is 6.92. The standard InChI is InChI=1S/C22H24N4O2/c1-17(27)19-4-8-21(9-5-19)26-14-12-25(13-15-26)11-10-22(28)24-20-6-2-18(16-23)3-7-20/h2-9H,10-15H2,1H3,(H,24,28). The highest BCUT2D eigenvalue weighted by molar-refractivity contribution is 5.94. The van der Waals surface area contributed by atoms with Gasteiger partial charge in [0.2, 0.25) is 5.91 Å². The van der Waals surface area contributed by atoms with Gasteiger partial charge in [-0.3, -0.25) is 14.5 Å². The number of hydrogen-bond donors (Lipinski definition) is 1. The van der Waals surface area contributed by atoms with Gasteiger partial charge in [-0.15, -0.1) is 0 Å². The van der Waals surface area contributed by atoms with E-state index in [1.165, 1.54) is 0 Å². The van der Waals surface area contributed by atoms with Gasteiger partial charge in [-0.25, -0.2) is 0 Å². The highest BCUT2D eigenvalue weighted by Gasteiger charge is 2.18. The van der Waals surface area contributed by atoms with Crippen molar-refractivity contribution < 1.29 is 9.59 Å². The number of ketones is 1. The van der Waals surface area contributed by atoms with Crippen LogP contribution in [0.25, 0.3) is 0 Å². The molecule has 1 saturated heterocycles. The number of amides is 1. The van der Waals surface area contributed by atoms with Gasteiger partial charge in [0.15, 0.2) is 5.78 Å². The Morgan fingerprint density at radius 1 is 1.00 bits per heavy atom. The third-order valence-corrected chi connectivity index (χ3v) is 4.96. The van der Waals surface area contributed by atoms with Gasteiger partial charge in [-0.05, 0) is 55.5 Å². The van der Waals surface area contributed by atoms with Gasteiger partial charge in [0.1, 0.15) is 0 Å². The third kappa shape index (κ3) is 5.18. The summed E-state index contributed by atoms with van der Waals surface area (Å²) in [5.74, 6) is 0.0580. The summed E-state index contributed by atoms with van der Waals surface area (Å²) < 4.78 is 0. The Hall–Kier alpha value is -3.17. The first-order valence-corrected chi connectivity index (χ1v) is 9.43. The van der Waals surface area contributed by atoms with Crippen molar-refractivity contribution in [1.82, 2.24) is 4.90 Å². The lowest BCUT2D eigenvalue weighted by Crippen LogP contribution is -2.47. The van der Waals surface area contributed by atoms with Crippen LogP contribution >= 0.6 is 0 Å². The zero-order valence-electron chi connectivity index (χ0n) is 16.0. The average Bonchev–Trinajstić information content (AvgIpc) is 2.73. The molecule has 0 radical (unpaired) electrons. The predicted octanol–water partition coefficient (Wildman–Crippen LogP) is 2.91. The molecule has 6 heteroatoms. The molecule has 2 aromatic rings. The number of nitrogens with zero attached hydrogens (tertiary/aromatic N) is 3. The Bertz CT molecular complexity index is 861. The lowest BCUT2D eigenvalue weighted by molar-refractivity contribution is -0.116. The van der Waals surface area contributed by atoms with E-state index in [1.807, 2.05) is 24.3 Å². The molecule has 0 aliphatic carbocycles. The van der Waals surface area contributed by atoms with Crippen molar-refractivity contribution in [3.8, 4) is 6.07 Å². The lowest BCUT2D eigenvalue weighted by Gasteiger charge is -2.36. The number of nitrogens with one attached hydrogen (secondary N) is 1. The van der Waals surface area contributed by atoms with Crippen LogP contribution in [0, 0.1) is 11.3 Å². The molecule has 2 aromatic carbocycles. The van der Waals surface area contributed by atoms with E-state index in [9.17, 15) is 9.59 Å². The van der Waals surface area contributed by atoms with E-state index in [4.69, 9.17) is 5.26 Å². The number of anilines is 2. The number of carbonyl (C=O) groups is 2. The van der Waals surface area contributed by atoms with Crippen molar-refractivity contribution in [2.45, 2.75) is 13.3 Å². The summed E-state index contributed by atoms with van der Waals surface area (Å²) >= 11 is 0. The number of rotatable bonds is 6. The minimum absolute atomic E-state index is 0.0213. The largest absolute Gasteiger partial charge is 0.369 e. The number of carbonyl (C=O) groups excluding carboxylic acids is 2. The summed E-state index contributed by atoms with van der Waals surface area (Å²) in [4.78, 5) is 28.1. The number of benzene rings is 2. The van der Waals surface area contributed by atoms with Crippen molar-refractivity contribution in [2.24, 2.45) is 0 Å². The molecule has 0 saturated carbocycles. The fourth-order valence-corrected chi connectivity index (χ4v) is 3.25. The van der Waals surface area contributed by atoms with Crippen LogP contribution in [0.15, 0.2) is 48.5 Å². The quantitative estimate of drug-likeness (QED) is 0.785. The lowest BCUT2D eigenvalue weighted by atomic mass is 10.1. The van der Waals surface area contributed by atoms with E-state index in [-0.39, 0.29) is 11.7 Å². The Morgan fingerprint density at radius 3 is 2.21 bits per heavy atom. The molecule has 0 spiro atoms. The Balaban J connectivity index is 1.42. The normalized spacial score (nSPS) is 14.4. The molecule has 1 N–H and O–H groups in total. The summed E-state index contributed by atoms with van der Waals surface area (Å²) in [5, 5.41) is 11.7. The maximum atomic E-state index is 12.1. The van der Waals surface area contributed by atoms with Crippen LogP contribution in [0.3, 0.4) is 0 Å². The van der Waals surface area contributed by atoms with Gasteiger partial charge >= 0.3 is 0 Å². The fraction of sp³-hybridized carbons (Fsp3) is 0.318. The highest BCUT2D eigenvalue weighted by atomic mass is 16.1. The van der Waals surface area contributed by atoms with E-state index < -0.39 is 0 Å². The monoisotopic (exact) mass is 376 g/mol. The predicted molar refractivity (Wildman–Crippen MR) is 110 cm³/mol. The van der Waals surface area contributed by atoms with Crippen LogP contribution in [0.2, 0.25) is 0 Å². The van der Waals surface area contributed by atoms with Crippen LogP contribution in [0.5, 0.6) is 0 Å². The molecule has 1 aliphatic heterocycles. The molecular formula is C22H24N4O2. The van der Waals surface area contributed by atoms with Gasteiger partial charge in [0.25, 0.3) is 0 Å². The Labute approximate surface area is 165 Å². The van der Waals surface area contributed by atoms with E-state index in [0.717, 1.165) is 44.0 Å². The fourth-order valence-electron chi connectivity index (χ4n) is 3.25. The minimum Gasteiger partial charge on any atom is -0.369 e. The molecule has 1 fully saturated rings. The van der Waals surface area contributed by atoms with E-state index in [0.29, 0.717) is 17.7 Å². The van der Waals surface area contributed by atoms with Gasteiger partial charge in [-0.2, -0.15) is 5.26 Å². The van der Waals surface area contributed by atoms with Crippen molar-refractivity contribution in [2.75, 3.05) is 42.9 Å². The molecule has 0 atom stereocenters. The molecule has 144 valence electrons. The first kappa shape index (κ1) is 19.6.